The average molecular weight is 566 g/mol. The third-order valence-corrected chi connectivity index (χ3v) is 7.24. The van der Waals surface area contributed by atoms with Crippen LogP contribution in [0.2, 0.25) is 0 Å². The quantitative estimate of drug-likeness (QED) is 0.150. The Labute approximate surface area is 244 Å². The van der Waals surface area contributed by atoms with Crippen molar-refractivity contribution in [2.75, 3.05) is 17.7 Å². The van der Waals surface area contributed by atoms with Gasteiger partial charge in [0, 0.05) is 27.4 Å². The molecule has 1 unspecified atom stereocenters. The number of nitrogens with one attached hydrogen (secondary N) is 3. The minimum atomic E-state index is -0.507. The highest BCUT2D eigenvalue weighted by atomic mass is 32.2. The van der Waals surface area contributed by atoms with Crippen molar-refractivity contribution in [2.45, 2.75) is 24.0 Å². The molecule has 0 aliphatic heterocycles. The fourth-order valence-corrected chi connectivity index (χ4v) is 4.86. The first-order valence-corrected chi connectivity index (χ1v) is 13.9. The number of carbonyl (C=O) groups is 3. The molecule has 208 valence electrons. The Bertz CT molecular complexity index is 1570. The van der Waals surface area contributed by atoms with E-state index in [1.54, 1.807) is 67.8 Å². The van der Waals surface area contributed by atoms with Crippen LogP contribution < -0.4 is 20.7 Å². The van der Waals surface area contributed by atoms with Crippen LogP contribution >= 0.6 is 11.8 Å². The largest absolute Gasteiger partial charge is 0.496 e. The number of ether oxygens (including phenoxy) is 1. The Balaban J connectivity index is 1.51. The fourth-order valence-electron chi connectivity index (χ4n) is 3.93. The monoisotopic (exact) mass is 565 g/mol. The molecule has 0 saturated heterocycles. The van der Waals surface area contributed by atoms with Crippen LogP contribution in [0.3, 0.4) is 0 Å². The zero-order valence-corrected chi connectivity index (χ0v) is 23.8. The molecule has 4 aromatic carbocycles. The number of aryl methyl sites for hydroxylation is 1. The lowest BCUT2D eigenvalue weighted by molar-refractivity contribution is -0.115. The van der Waals surface area contributed by atoms with Crippen LogP contribution in [0.15, 0.2) is 114 Å². The van der Waals surface area contributed by atoms with Crippen LogP contribution in [0, 0.1) is 6.92 Å². The molecule has 0 spiro atoms. The van der Waals surface area contributed by atoms with Crippen molar-refractivity contribution in [3.8, 4) is 5.75 Å². The summed E-state index contributed by atoms with van der Waals surface area (Å²) in [4.78, 5) is 40.0. The summed E-state index contributed by atoms with van der Waals surface area (Å²) in [5.41, 5.74) is 3.38. The smallest absolute Gasteiger partial charge is 0.272 e. The zero-order chi connectivity index (χ0) is 29.2. The van der Waals surface area contributed by atoms with Crippen LogP contribution in [-0.2, 0) is 9.59 Å². The summed E-state index contributed by atoms with van der Waals surface area (Å²) in [5, 5.41) is 8.20. The van der Waals surface area contributed by atoms with Crippen molar-refractivity contribution in [1.29, 1.82) is 0 Å². The molecule has 0 bridgehead atoms. The van der Waals surface area contributed by atoms with Gasteiger partial charge in [-0.25, -0.2) is 0 Å². The second-order valence-electron chi connectivity index (χ2n) is 9.17. The molecule has 0 fully saturated rings. The van der Waals surface area contributed by atoms with Crippen molar-refractivity contribution < 1.29 is 19.1 Å². The van der Waals surface area contributed by atoms with Gasteiger partial charge in [0.25, 0.3) is 11.8 Å². The van der Waals surface area contributed by atoms with Crippen LogP contribution in [-0.4, -0.2) is 30.1 Å². The molecule has 0 aliphatic carbocycles. The van der Waals surface area contributed by atoms with Crippen LogP contribution in [0.1, 0.15) is 28.4 Å². The third kappa shape index (κ3) is 8.09. The Morgan fingerprint density at radius 3 is 2.29 bits per heavy atom. The molecule has 0 saturated carbocycles. The lowest BCUT2D eigenvalue weighted by atomic mass is 10.1. The van der Waals surface area contributed by atoms with Crippen molar-refractivity contribution in [2.24, 2.45) is 0 Å². The predicted octanol–water partition coefficient (Wildman–Crippen LogP) is 6.53. The fraction of sp³-hybridized carbons (Fsp3) is 0.121. The average Bonchev–Trinajstić information content (AvgIpc) is 2.98. The highest BCUT2D eigenvalue weighted by Crippen LogP contribution is 2.27. The summed E-state index contributed by atoms with van der Waals surface area (Å²) in [7, 11) is 1.54. The minimum absolute atomic E-state index is 0.0485. The Morgan fingerprint density at radius 1 is 0.829 bits per heavy atom. The van der Waals surface area contributed by atoms with Crippen molar-refractivity contribution in [1.82, 2.24) is 5.32 Å². The van der Waals surface area contributed by atoms with E-state index in [2.05, 4.69) is 16.0 Å². The van der Waals surface area contributed by atoms with E-state index in [0.717, 1.165) is 16.1 Å². The first-order valence-electron chi connectivity index (χ1n) is 13.0. The van der Waals surface area contributed by atoms with Gasteiger partial charge >= 0.3 is 0 Å². The van der Waals surface area contributed by atoms with E-state index in [4.69, 9.17) is 4.74 Å². The van der Waals surface area contributed by atoms with E-state index in [9.17, 15) is 14.4 Å². The lowest BCUT2D eigenvalue weighted by Gasteiger charge is -2.15. The maximum atomic E-state index is 13.5. The number of methoxy groups -OCH3 is 1. The molecule has 0 heterocycles. The van der Waals surface area contributed by atoms with E-state index in [0.29, 0.717) is 22.6 Å². The molecular weight excluding hydrogens is 534 g/mol. The molecule has 0 radical (unpaired) electrons. The van der Waals surface area contributed by atoms with Gasteiger partial charge in [0.05, 0.1) is 12.4 Å². The van der Waals surface area contributed by atoms with Crippen molar-refractivity contribution >= 4 is 46.9 Å². The summed E-state index contributed by atoms with van der Waals surface area (Å²) in [5.74, 6) is -0.486. The Morgan fingerprint density at radius 2 is 1.54 bits per heavy atom. The van der Waals surface area contributed by atoms with Gasteiger partial charge in [0.2, 0.25) is 5.91 Å². The summed E-state index contributed by atoms with van der Waals surface area (Å²) in [6, 6.07) is 30.7. The molecule has 0 aliphatic rings. The zero-order valence-electron chi connectivity index (χ0n) is 23.0. The molecular formula is C33H31N3O4S. The van der Waals surface area contributed by atoms with Gasteiger partial charge in [-0.2, -0.15) is 0 Å². The molecule has 3 amide bonds. The maximum Gasteiger partial charge on any atom is 0.272 e. The summed E-state index contributed by atoms with van der Waals surface area (Å²) >= 11 is 1.38. The van der Waals surface area contributed by atoms with E-state index in [1.807, 2.05) is 62.4 Å². The molecule has 8 heteroatoms. The number of hydrogen-bond acceptors (Lipinski definition) is 5. The molecule has 1 atom stereocenters. The number of benzene rings is 4. The first-order chi connectivity index (χ1) is 19.8. The van der Waals surface area contributed by atoms with Crippen molar-refractivity contribution in [3.63, 3.8) is 0 Å². The number of hydrogen-bond donors (Lipinski definition) is 3. The molecule has 7 nitrogen and oxygen atoms in total. The number of carbonyl (C=O) groups excluding carboxylic acids is 3. The number of thioether (sulfide) groups is 1. The van der Waals surface area contributed by atoms with Gasteiger partial charge in [-0.1, -0.05) is 60.7 Å². The normalized spacial score (nSPS) is 11.7. The van der Waals surface area contributed by atoms with Gasteiger partial charge < -0.3 is 20.7 Å². The Hall–Kier alpha value is -4.82. The van der Waals surface area contributed by atoms with Gasteiger partial charge in [-0.3, -0.25) is 14.4 Å². The number of para-hydroxylation sites is 2. The van der Waals surface area contributed by atoms with Gasteiger partial charge in [-0.15, -0.1) is 11.8 Å². The Kier molecular flexibility index (Phi) is 9.96. The van der Waals surface area contributed by atoms with Crippen molar-refractivity contribution in [3.05, 3.63) is 126 Å². The highest BCUT2D eigenvalue weighted by Gasteiger charge is 2.18. The molecule has 4 aromatic rings. The second kappa shape index (κ2) is 14.0. The predicted molar refractivity (Wildman–Crippen MR) is 165 cm³/mol. The standard InChI is InChI=1S/C33H31N3O4S/c1-22-12-7-9-18-28(22)35-31(37)23(2)41-27-17-11-16-26(21-27)34-33(39)29(20-25-15-8-10-19-30(25)40-3)36-32(38)24-13-5-4-6-14-24/h4-21,23H,1-3H3,(H,34,39)(H,35,37)(H,36,38)/b29-20+. The van der Waals surface area contributed by atoms with Crippen LogP contribution in [0.4, 0.5) is 11.4 Å². The summed E-state index contributed by atoms with van der Waals surface area (Å²) in [6.07, 6.45) is 1.57. The first kappa shape index (κ1) is 29.2. The van der Waals surface area contributed by atoms with E-state index >= 15 is 0 Å². The van der Waals surface area contributed by atoms with Crippen LogP contribution in [0.5, 0.6) is 5.75 Å². The summed E-state index contributed by atoms with van der Waals surface area (Å²) in [6.45, 7) is 3.77. The molecule has 0 aromatic heterocycles. The van der Waals surface area contributed by atoms with E-state index < -0.39 is 11.8 Å². The third-order valence-electron chi connectivity index (χ3n) is 6.14. The summed E-state index contributed by atoms with van der Waals surface area (Å²) < 4.78 is 5.43. The van der Waals surface area contributed by atoms with Gasteiger partial charge in [0.1, 0.15) is 11.4 Å². The van der Waals surface area contributed by atoms with E-state index in [-0.39, 0.29) is 16.9 Å². The highest BCUT2D eigenvalue weighted by molar-refractivity contribution is 8.00. The maximum absolute atomic E-state index is 13.5. The number of amides is 3. The molecule has 4 rings (SSSR count). The van der Waals surface area contributed by atoms with Gasteiger partial charge in [-0.05, 0) is 68.0 Å². The number of anilines is 2. The van der Waals surface area contributed by atoms with Gasteiger partial charge in [0.15, 0.2) is 0 Å². The second-order valence-corrected chi connectivity index (χ2v) is 10.6. The number of rotatable bonds is 10. The molecule has 3 N–H and O–H groups in total. The SMILES string of the molecule is COc1ccccc1/C=C(/NC(=O)c1ccccc1)C(=O)Nc1cccc(SC(C)C(=O)Nc2ccccc2C)c1. The minimum Gasteiger partial charge on any atom is -0.496 e. The van der Waals surface area contributed by atoms with E-state index in [1.165, 1.54) is 11.8 Å². The topological polar surface area (TPSA) is 96.5 Å². The molecule has 41 heavy (non-hydrogen) atoms. The lowest BCUT2D eigenvalue weighted by Crippen LogP contribution is -2.30. The van der Waals surface area contributed by atoms with Crippen LogP contribution in [0.25, 0.3) is 6.08 Å².